The molecule has 0 bridgehead atoms. The van der Waals surface area contributed by atoms with E-state index < -0.39 is 45.2 Å². The molecule has 0 aliphatic heterocycles. The summed E-state index contributed by atoms with van der Waals surface area (Å²) in [6.07, 6.45) is -1.24. The SMILES string of the molecule is [C-]#[N+][Si]([N+]#[C-])(OC(=O)CC(C)=O)OC(=O)CC(C)=O. The van der Waals surface area contributed by atoms with Crippen molar-refractivity contribution in [2.75, 3.05) is 0 Å². The fraction of sp³-hybridized carbons (Fsp3) is 0.400. The zero-order valence-corrected chi connectivity index (χ0v) is 11.3. The maximum atomic E-state index is 11.2. The van der Waals surface area contributed by atoms with E-state index in [-0.39, 0.29) is 0 Å². The third-order valence-corrected chi connectivity index (χ3v) is 3.12. The summed E-state index contributed by atoms with van der Waals surface area (Å²) >= 11 is 0. The monoisotopic (exact) mass is 282 g/mol. The van der Waals surface area contributed by atoms with E-state index in [2.05, 4.69) is 17.9 Å². The maximum Gasteiger partial charge on any atom is 1.38 e. The molecule has 0 radical (unpaired) electrons. The number of Topliss-reactive ketones (excluding diaryl/α,β-unsaturated/α-hetero) is 2. The van der Waals surface area contributed by atoms with Crippen LogP contribution in [0.2, 0.25) is 0 Å². The summed E-state index contributed by atoms with van der Waals surface area (Å²) in [5.41, 5.74) is 0. The third kappa shape index (κ3) is 6.09. The third-order valence-electron chi connectivity index (χ3n) is 1.56. The van der Waals surface area contributed by atoms with E-state index in [9.17, 15) is 19.2 Å². The molecular weight excluding hydrogens is 272 g/mol. The van der Waals surface area contributed by atoms with Gasteiger partial charge in [0.1, 0.15) is 24.4 Å². The van der Waals surface area contributed by atoms with Gasteiger partial charge in [0.2, 0.25) is 0 Å². The minimum absolute atomic E-state index is 0.516. The van der Waals surface area contributed by atoms with Crippen LogP contribution in [0.4, 0.5) is 0 Å². The molecule has 0 unspecified atom stereocenters. The number of hydrogen-bond acceptors (Lipinski definition) is 6. The molecule has 19 heavy (non-hydrogen) atoms. The minimum atomic E-state index is -4.42. The molecule has 0 N–H and O–H groups in total. The molecule has 9 heteroatoms. The molecule has 0 saturated heterocycles. The van der Waals surface area contributed by atoms with Crippen molar-refractivity contribution in [2.24, 2.45) is 0 Å². The standard InChI is InChI=1S/C10H10N2O6Si/c1-7(13)5-9(15)17-19(11-3,12-4)18-10(16)6-8(2)14/h5-6H2,1-2H3. The van der Waals surface area contributed by atoms with E-state index in [0.29, 0.717) is 0 Å². The average Bonchev–Trinajstić information content (AvgIpc) is 2.25. The van der Waals surface area contributed by atoms with Gasteiger partial charge in [0.25, 0.3) is 0 Å². The minimum Gasteiger partial charge on any atom is -0.355 e. The number of nitrogens with zero attached hydrogens (tertiary/aromatic N) is 2. The highest BCUT2D eigenvalue weighted by Gasteiger charge is 2.82. The summed E-state index contributed by atoms with van der Waals surface area (Å²) in [6.45, 7) is 15.9. The normalized spacial score (nSPS) is 9.68. The first-order chi connectivity index (χ1) is 8.74. The van der Waals surface area contributed by atoms with Crippen LogP contribution in [0.15, 0.2) is 0 Å². The van der Waals surface area contributed by atoms with Crippen LogP contribution < -0.4 is 0 Å². The van der Waals surface area contributed by atoms with Crippen molar-refractivity contribution in [3.8, 4) is 0 Å². The van der Waals surface area contributed by atoms with Gasteiger partial charge in [0.15, 0.2) is 0 Å². The molecule has 0 aromatic heterocycles. The summed E-state index contributed by atoms with van der Waals surface area (Å²) in [5.74, 6) is -3.25. The van der Waals surface area contributed by atoms with Crippen molar-refractivity contribution in [1.29, 1.82) is 0 Å². The van der Waals surface area contributed by atoms with Gasteiger partial charge in [-0.2, -0.15) is 0 Å². The predicted molar refractivity (Wildman–Crippen MR) is 61.7 cm³/mol. The zero-order chi connectivity index (χ0) is 15.1. The molecule has 0 aliphatic rings. The summed E-state index contributed by atoms with van der Waals surface area (Å²) in [6, 6.07) is 0. The summed E-state index contributed by atoms with van der Waals surface area (Å²) < 4.78 is 14.5. The molecule has 0 atom stereocenters. The predicted octanol–water partition coefficient (Wildman–Crippen LogP) is 0.305. The van der Waals surface area contributed by atoms with Crippen molar-refractivity contribution < 1.29 is 28.0 Å². The van der Waals surface area contributed by atoms with Gasteiger partial charge in [-0.3, -0.25) is 41.3 Å². The van der Waals surface area contributed by atoms with Gasteiger partial charge in [-0.15, -0.1) is 0 Å². The van der Waals surface area contributed by atoms with E-state index in [1.165, 1.54) is 0 Å². The maximum absolute atomic E-state index is 11.2. The number of ketones is 2. The quantitative estimate of drug-likeness (QED) is 0.395. The van der Waals surface area contributed by atoms with Crippen LogP contribution in [0, 0.1) is 13.1 Å². The van der Waals surface area contributed by atoms with Crippen LogP contribution in [0.5, 0.6) is 0 Å². The lowest BCUT2D eigenvalue weighted by atomic mass is 10.3. The topological polar surface area (TPSA) is 95.5 Å². The van der Waals surface area contributed by atoms with Gasteiger partial charge in [0, 0.05) is 0 Å². The zero-order valence-electron chi connectivity index (χ0n) is 10.3. The van der Waals surface area contributed by atoms with Crippen LogP contribution in [-0.4, -0.2) is 32.4 Å². The highest BCUT2D eigenvalue weighted by Crippen LogP contribution is 2.14. The lowest BCUT2D eigenvalue weighted by molar-refractivity contribution is -0.142. The highest BCUT2D eigenvalue weighted by atomic mass is 28.4. The van der Waals surface area contributed by atoms with Crippen molar-refractivity contribution in [1.82, 2.24) is 0 Å². The smallest absolute Gasteiger partial charge is 0.355 e. The van der Waals surface area contributed by atoms with E-state index in [1.54, 1.807) is 0 Å². The molecule has 0 saturated carbocycles. The van der Waals surface area contributed by atoms with Gasteiger partial charge in [-0.05, 0) is 13.8 Å². The van der Waals surface area contributed by atoms with Crippen LogP contribution >= 0.6 is 0 Å². The Morgan fingerprint density at radius 2 is 1.21 bits per heavy atom. The van der Waals surface area contributed by atoms with Crippen LogP contribution in [0.25, 0.3) is 9.02 Å². The van der Waals surface area contributed by atoms with Crippen LogP contribution in [0.1, 0.15) is 26.7 Å². The van der Waals surface area contributed by atoms with Crippen LogP contribution in [-0.2, 0) is 28.0 Å². The van der Waals surface area contributed by atoms with Gasteiger partial charge in [-0.25, -0.2) is 0 Å². The van der Waals surface area contributed by atoms with Gasteiger partial charge < -0.3 is 8.85 Å². The second kappa shape index (κ2) is 7.03. The largest absolute Gasteiger partial charge is 1.38 e. The molecule has 0 aliphatic carbocycles. The molecule has 0 heterocycles. The highest BCUT2D eigenvalue weighted by molar-refractivity contribution is 6.76. The molecule has 0 aromatic carbocycles. The first-order valence-corrected chi connectivity index (χ1v) is 6.65. The summed E-state index contributed by atoms with van der Waals surface area (Å²) in [4.78, 5) is 43.9. The number of carbonyl (C=O) groups excluding carboxylic acids is 4. The Balaban J connectivity index is 4.88. The Morgan fingerprint density at radius 1 is 0.895 bits per heavy atom. The number of carbonyl (C=O) groups is 4. The Hall–Kier alpha value is -2.52. The fourth-order valence-electron chi connectivity index (χ4n) is 0.912. The van der Waals surface area contributed by atoms with Gasteiger partial charge in [-0.1, -0.05) is 0 Å². The molecule has 0 spiro atoms. The lowest BCUT2D eigenvalue weighted by Gasteiger charge is -2.03. The Kier molecular flexibility index (Phi) is 6.10. The molecule has 8 nitrogen and oxygen atoms in total. The van der Waals surface area contributed by atoms with E-state index in [1.807, 2.05) is 0 Å². The molecule has 0 amide bonds. The van der Waals surface area contributed by atoms with Crippen molar-refractivity contribution in [3.05, 3.63) is 22.2 Å². The number of hydrogen-bond donors (Lipinski definition) is 0. The van der Waals surface area contributed by atoms with Gasteiger partial charge >= 0.3 is 20.8 Å². The molecule has 100 valence electrons. The Bertz CT molecular complexity index is 455. The average molecular weight is 282 g/mol. The first kappa shape index (κ1) is 16.5. The second-order valence-electron chi connectivity index (χ2n) is 3.48. The first-order valence-electron chi connectivity index (χ1n) is 4.94. The fourth-order valence-corrected chi connectivity index (χ4v) is 1.92. The van der Waals surface area contributed by atoms with E-state index in [0.717, 1.165) is 13.8 Å². The Labute approximate surface area is 110 Å². The van der Waals surface area contributed by atoms with Crippen molar-refractivity contribution >= 4 is 32.4 Å². The van der Waals surface area contributed by atoms with Crippen molar-refractivity contribution in [2.45, 2.75) is 26.7 Å². The number of rotatable bonds is 6. The van der Waals surface area contributed by atoms with Gasteiger partial charge in [0.05, 0.1) is 0 Å². The summed E-state index contributed by atoms with van der Waals surface area (Å²) in [5, 5.41) is 0. The molecule has 0 aromatic rings. The molecular formula is C10H10N2O6Si. The van der Waals surface area contributed by atoms with Crippen molar-refractivity contribution in [3.63, 3.8) is 0 Å². The Morgan fingerprint density at radius 3 is 1.42 bits per heavy atom. The van der Waals surface area contributed by atoms with E-state index >= 15 is 0 Å². The van der Waals surface area contributed by atoms with Crippen LogP contribution in [0.3, 0.4) is 0 Å². The lowest BCUT2D eigenvalue weighted by Crippen LogP contribution is -2.40. The molecule has 0 fully saturated rings. The molecule has 0 rings (SSSR count). The van der Waals surface area contributed by atoms with E-state index in [4.69, 9.17) is 13.1 Å². The second-order valence-corrected chi connectivity index (χ2v) is 5.43. The summed E-state index contributed by atoms with van der Waals surface area (Å²) in [7, 11) is -4.42.